The van der Waals surface area contributed by atoms with Crippen LogP contribution in [0.15, 0.2) is 54.0 Å². The van der Waals surface area contributed by atoms with E-state index in [1.807, 2.05) is 12.1 Å². The molecule has 0 unspecified atom stereocenters. The van der Waals surface area contributed by atoms with Crippen molar-refractivity contribution in [2.75, 3.05) is 0 Å². The second-order valence-electron chi connectivity index (χ2n) is 3.19. The maximum atomic E-state index is 11.6. The molecule has 0 aliphatic heterocycles. The third-order valence-electron chi connectivity index (χ3n) is 1.99. The molecule has 1 amide bonds. The van der Waals surface area contributed by atoms with E-state index in [9.17, 15) is 4.79 Å². The van der Waals surface area contributed by atoms with Crippen LogP contribution < -0.4 is 5.43 Å². The molecule has 2 heterocycles. The largest absolute Gasteiger partial charge is 0.271 e. The molecule has 0 aliphatic rings. The van der Waals surface area contributed by atoms with E-state index in [1.54, 1.807) is 36.8 Å². The lowest BCUT2D eigenvalue weighted by atomic mass is 10.3. The van der Waals surface area contributed by atoms with Crippen molar-refractivity contribution in [1.82, 2.24) is 15.4 Å². The van der Waals surface area contributed by atoms with Crippen molar-refractivity contribution < 1.29 is 4.79 Å². The molecule has 0 aliphatic carbocycles. The maximum absolute atomic E-state index is 11.6. The molecule has 1 N–H and O–H groups in total. The van der Waals surface area contributed by atoms with Crippen LogP contribution in [0.25, 0.3) is 0 Å². The van der Waals surface area contributed by atoms with Crippen LogP contribution in [0, 0.1) is 0 Å². The van der Waals surface area contributed by atoms with Gasteiger partial charge in [-0.1, -0.05) is 6.07 Å². The second-order valence-corrected chi connectivity index (χ2v) is 3.19. The summed E-state index contributed by atoms with van der Waals surface area (Å²) in [5.74, 6) is -0.278. The van der Waals surface area contributed by atoms with Gasteiger partial charge in [0.25, 0.3) is 5.91 Å². The first-order chi connectivity index (χ1) is 8.36. The fraction of sp³-hybridized carbons (Fsp3) is 0. The number of amides is 1. The summed E-state index contributed by atoms with van der Waals surface area (Å²) in [5, 5.41) is 3.81. The van der Waals surface area contributed by atoms with Gasteiger partial charge in [0.05, 0.1) is 11.9 Å². The topological polar surface area (TPSA) is 67.2 Å². The maximum Gasteiger partial charge on any atom is 0.271 e. The lowest BCUT2D eigenvalue weighted by molar-refractivity contribution is 0.0955. The number of hydrazone groups is 1. The Morgan fingerprint density at radius 2 is 2.00 bits per heavy atom. The quantitative estimate of drug-likeness (QED) is 0.632. The fourth-order valence-corrected chi connectivity index (χ4v) is 1.18. The Morgan fingerprint density at radius 3 is 2.71 bits per heavy atom. The van der Waals surface area contributed by atoms with E-state index >= 15 is 0 Å². The molecule has 0 saturated heterocycles. The molecule has 2 rings (SSSR count). The van der Waals surface area contributed by atoms with Crippen molar-refractivity contribution in [3.8, 4) is 0 Å². The molecule has 2 aromatic rings. The SMILES string of the molecule is O=C(N/N=C\c1ccccn1)c1ccncc1. The van der Waals surface area contributed by atoms with Gasteiger partial charge in [-0.25, -0.2) is 5.43 Å². The van der Waals surface area contributed by atoms with Gasteiger partial charge in [0.15, 0.2) is 0 Å². The Labute approximate surface area is 98.2 Å². The Bertz CT molecular complexity index is 511. The molecule has 17 heavy (non-hydrogen) atoms. The highest BCUT2D eigenvalue weighted by Crippen LogP contribution is 1.95. The van der Waals surface area contributed by atoms with Crippen LogP contribution >= 0.6 is 0 Å². The van der Waals surface area contributed by atoms with Gasteiger partial charge in [0, 0.05) is 24.2 Å². The number of carbonyl (C=O) groups excluding carboxylic acids is 1. The monoisotopic (exact) mass is 226 g/mol. The summed E-state index contributed by atoms with van der Waals surface area (Å²) in [7, 11) is 0. The van der Waals surface area contributed by atoms with Gasteiger partial charge in [-0.2, -0.15) is 5.10 Å². The van der Waals surface area contributed by atoms with E-state index < -0.39 is 0 Å². The zero-order valence-corrected chi connectivity index (χ0v) is 8.95. The minimum atomic E-state index is -0.278. The highest BCUT2D eigenvalue weighted by atomic mass is 16.2. The van der Waals surface area contributed by atoms with E-state index in [1.165, 1.54) is 6.21 Å². The van der Waals surface area contributed by atoms with E-state index in [-0.39, 0.29) is 5.91 Å². The fourth-order valence-electron chi connectivity index (χ4n) is 1.18. The summed E-state index contributed by atoms with van der Waals surface area (Å²) in [6, 6.07) is 8.69. The Hall–Kier alpha value is -2.56. The Morgan fingerprint density at radius 1 is 1.18 bits per heavy atom. The van der Waals surface area contributed by atoms with Crippen LogP contribution in [0.1, 0.15) is 16.1 Å². The van der Waals surface area contributed by atoms with Gasteiger partial charge in [0.1, 0.15) is 0 Å². The molecular weight excluding hydrogens is 216 g/mol. The summed E-state index contributed by atoms with van der Waals surface area (Å²) in [5.41, 5.74) is 3.61. The van der Waals surface area contributed by atoms with Gasteiger partial charge in [-0.05, 0) is 24.3 Å². The Balaban J connectivity index is 1.95. The van der Waals surface area contributed by atoms with Gasteiger partial charge in [0.2, 0.25) is 0 Å². The summed E-state index contributed by atoms with van der Waals surface area (Å²) in [4.78, 5) is 19.4. The number of hydrogen-bond donors (Lipinski definition) is 1. The van der Waals surface area contributed by atoms with Crippen molar-refractivity contribution in [3.05, 3.63) is 60.2 Å². The number of rotatable bonds is 3. The molecule has 0 spiro atoms. The van der Waals surface area contributed by atoms with Crippen molar-refractivity contribution in [2.24, 2.45) is 5.10 Å². The van der Waals surface area contributed by atoms with E-state index in [2.05, 4.69) is 20.5 Å². The predicted octanol–water partition coefficient (Wildman–Crippen LogP) is 1.24. The summed E-state index contributed by atoms with van der Waals surface area (Å²) < 4.78 is 0. The van der Waals surface area contributed by atoms with Crippen LogP contribution in [-0.4, -0.2) is 22.1 Å². The van der Waals surface area contributed by atoms with Gasteiger partial charge >= 0.3 is 0 Å². The number of nitrogens with zero attached hydrogens (tertiary/aromatic N) is 3. The molecular formula is C12H10N4O. The van der Waals surface area contributed by atoms with Gasteiger partial charge in [-0.3, -0.25) is 14.8 Å². The first-order valence-electron chi connectivity index (χ1n) is 5.01. The third kappa shape index (κ3) is 3.20. The lowest BCUT2D eigenvalue weighted by Crippen LogP contribution is -2.17. The minimum Gasteiger partial charge on any atom is -0.267 e. The average molecular weight is 226 g/mol. The smallest absolute Gasteiger partial charge is 0.267 e. The Kier molecular flexibility index (Phi) is 3.54. The van der Waals surface area contributed by atoms with Gasteiger partial charge < -0.3 is 0 Å². The molecule has 0 fully saturated rings. The first kappa shape index (κ1) is 10.9. The van der Waals surface area contributed by atoms with Crippen LogP contribution in [0.5, 0.6) is 0 Å². The normalized spacial score (nSPS) is 10.4. The summed E-state index contributed by atoms with van der Waals surface area (Å²) >= 11 is 0. The molecule has 0 saturated carbocycles. The third-order valence-corrected chi connectivity index (χ3v) is 1.99. The van der Waals surface area contributed by atoms with Crippen LogP contribution in [-0.2, 0) is 0 Å². The first-order valence-corrected chi connectivity index (χ1v) is 5.01. The molecule has 0 bridgehead atoms. The molecule has 84 valence electrons. The highest BCUT2D eigenvalue weighted by Gasteiger charge is 2.01. The van der Waals surface area contributed by atoms with Crippen molar-refractivity contribution in [1.29, 1.82) is 0 Å². The zero-order valence-electron chi connectivity index (χ0n) is 8.95. The van der Waals surface area contributed by atoms with Crippen LogP contribution in [0.3, 0.4) is 0 Å². The summed E-state index contributed by atoms with van der Waals surface area (Å²) in [6.07, 6.45) is 6.25. The van der Waals surface area contributed by atoms with Crippen LogP contribution in [0.2, 0.25) is 0 Å². The van der Waals surface area contributed by atoms with E-state index in [4.69, 9.17) is 0 Å². The predicted molar refractivity (Wildman–Crippen MR) is 63.5 cm³/mol. The number of pyridine rings is 2. The van der Waals surface area contributed by atoms with E-state index in [0.717, 1.165) is 0 Å². The number of carbonyl (C=O) groups is 1. The summed E-state index contributed by atoms with van der Waals surface area (Å²) in [6.45, 7) is 0. The standard InChI is InChI=1S/C12H10N4O/c17-12(10-4-7-13-8-5-10)16-15-9-11-3-1-2-6-14-11/h1-9H,(H,16,17)/b15-9-. The zero-order chi connectivity index (χ0) is 11.9. The number of aromatic nitrogens is 2. The van der Waals surface area contributed by atoms with Crippen molar-refractivity contribution in [3.63, 3.8) is 0 Å². The molecule has 0 radical (unpaired) electrons. The van der Waals surface area contributed by atoms with Gasteiger partial charge in [-0.15, -0.1) is 0 Å². The lowest BCUT2D eigenvalue weighted by Gasteiger charge is -1.97. The average Bonchev–Trinajstić information content (AvgIpc) is 2.41. The number of nitrogens with one attached hydrogen (secondary N) is 1. The minimum absolute atomic E-state index is 0.278. The van der Waals surface area contributed by atoms with Crippen LogP contribution in [0.4, 0.5) is 0 Å². The van der Waals surface area contributed by atoms with Crippen molar-refractivity contribution in [2.45, 2.75) is 0 Å². The molecule has 5 heteroatoms. The molecule has 0 atom stereocenters. The molecule has 0 aromatic carbocycles. The highest BCUT2D eigenvalue weighted by molar-refractivity contribution is 5.94. The van der Waals surface area contributed by atoms with Crippen molar-refractivity contribution >= 4 is 12.1 Å². The molecule has 2 aromatic heterocycles. The number of hydrogen-bond acceptors (Lipinski definition) is 4. The molecule has 5 nitrogen and oxygen atoms in total. The second kappa shape index (κ2) is 5.50. The van der Waals surface area contributed by atoms with E-state index in [0.29, 0.717) is 11.3 Å².